The molecule has 0 unspecified atom stereocenters. The fraction of sp³-hybridized carbons (Fsp3) is 0.391. The SMILES string of the molecule is COc1ccc(C(=N)NCCCCCCCNC(=N)c2ccc(OC)cc2)cc1. The number of methoxy groups -OCH3 is 2. The summed E-state index contributed by atoms with van der Waals surface area (Å²) in [7, 11) is 3.28. The Morgan fingerprint density at radius 2 is 0.966 bits per heavy atom. The number of ether oxygens (including phenoxy) is 2. The van der Waals surface area contributed by atoms with Gasteiger partial charge in [0.1, 0.15) is 23.2 Å². The van der Waals surface area contributed by atoms with Gasteiger partial charge in [0.25, 0.3) is 0 Å². The summed E-state index contributed by atoms with van der Waals surface area (Å²) in [6, 6.07) is 15.1. The third-order valence-corrected chi connectivity index (χ3v) is 4.71. The van der Waals surface area contributed by atoms with Crippen molar-refractivity contribution in [2.24, 2.45) is 0 Å². The highest BCUT2D eigenvalue weighted by Gasteiger charge is 2.02. The van der Waals surface area contributed by atoms with Crippen molar-refractivity contribution >= 4 is 11.7 Å². The minimum Gasteiger partial charge on any atom is -0.497 e. The van der Waals surface area contributed by atoms with E-state index < -0.39 is 0 Å². The number of unbranched alkanes of at least 4 members (excludes halogenated alkanes) is 4. The van der Waals surface area contributed by atoms with Crippen LogP contribution in [0.5, 0.6) is 11.5 Å². The quantitative estimate of drug-likeness (QED) is 0.246. The monoisotopic (exact) mass is 396 g/mol. The Hall–Kier alpha value is -3.02. The number of rotatable bonds is 12. The summed E-state index contributed by atoms with van der Waals surface area (Å²) in [6.45, 7) is 1.62. The number of hydrogen-bond acceptors (Lipinski definition) is 4. The van der Waals surface area contributed by atoms with Gasteiger partial charge >= 0.3 is 0 Å². The number of amidine groups is 2. The molecule has 0 amide bonds. The van der Waals surface area contributed by atoms with Crippen LogP contribution in [0.2, 0.25) is 0 Å². The second kappa shape index (κ2) is 12.4. The molecule has 6 nitrogen and oxygen atoms in total. The summed E-state index contributed by atoms with van der Waals surface area (Å²) in [5.41, 5.74) is 1.74. The van der Waals surface area contributed by atoms with Crippen LogP contribution in [-0.4, -0.2) is 39.0 Å². The smallest absolute Gasteiger partial charge is 0.125 e. The van der Waals surface area contributed by atoms with Crippen LogP contribution in [0.3, 0.4) is 0 Å². The summed E-state index contributed by atoms with van der Waals surface area (Å²) in [6.07, 6.45) is 5.54. The van der Waals surface area contributed by atoms with Crippen molar-refractivity contribution in [1.82, 2.24) is 10.6 Å². The lowest BCUT2D eigenvalue weighted by Gasteiger charge is -2.10. The molecule has 2 aromatic carbocycles. The molecule has 0 aromatic heterocycles. The van der Waals surface area contributed by atoms with Crippen LogP contribution in [0, 0.1) is 10.8 Å². The van der Waals surface area contributed by atoms with E-state index in [2.05, 4.69) is 10.6 Å². The van der Waals surface area contributed by atoms with Crippen molar-refractivity contribution in [1.29, 1.82) is 10.8 Å². The Morgan fingerprint density at radius 1 is 0.621 bits per heavy atom. The number of nitrogens with one attached hydrogen (secondary N) is 4. The Balaban J connectivity index is 1.49. The zero-order valence-electron chi connectivity index (χ0n) is 17.4. The van der Waals surface area contributed by atoms with Gasteiger partial charge in [-0.3, -0.25) is 10.8 Å². The fourth-order valence-electron chi connectivity index (χ4n) is 2.93. The van der Waals surface area contributed by atoms with Gasteiger partial charge in [-0.1, -0.05) is 19.3 Å². The molecule has 0 bridgehead atoms. The second-order valence-electron chi connectivity index (χ2n) is 6.83. The summed E-state index contributed by atoms with van der Waals surface area (Å²) in [4.78, 5) is 0. The van der Waals surface area contributed by atoms with Crippen molar-refractivity contribution in [3.05, 3.63) is 59.7 Å². The molecular weight excluding hydrogens is 364 g/mol. The number of hydrogen-bond donors (Lipinski definition) is 4. The third-order valence-electron chi connectivity index (χ3n) is 4.71. The first kappa shape index (κ1) is 22.3. The average Bonchev–Trinajstić information content (AvgIpc) is 2.77. The van der Waals surface area contributed by atoms with Crippen molar-refractivity contribution in [3.8, 4) is 11.5 Å². The van der Waals surface area contributed by atoms with E-state index in [-0.39, 0.29) is 0 Å². The Kier molecular flexibility index (Phi) is 9.55. The van der Waals surface area contributed by atoms with Gasteiger partial charge in [-0.25, -0.2) is 0 Å². The first-order valence-corrected chi connectivity index (χ1v) is 10.1. The standard InChI is InChI=1S/C23H32N4O2/c1-28-20-12-8-18(9-13-20)22(24)26-16-6-4-3-5-7-17-27-23(25)19-10-14-21(29-2)15-11-19/h8-15H,3-7,16-17H2,1-2H3,(H2,24,26)(H2,25,27). The molecule has 0 spiro atoms. The van der Waals surface area contributed by atoms with Crippen molar-refractivity contribution in [2.45, 2.75) is 32.1 Å². The first-order chi connectivity index (χ1) is 14.1. The molecule has 0 radical (unpaired) electrons. The van der Waals surface area contributed by atoms with Crippen LogP contribution >= 0.6 is 0 Å². The summed E-state index contributed by atoms with van der Waals surface area (Å²) >= 11 is 0. The third kappa shape index (κ3) is 7.86. The first-order valence-electron chi connectivity index (χ1n) is 10.1. The highest BCUT2D eigenvalue weighted by atomic mass is 16.5. The molecule has 0 aliphatic rings. The van der Waals surface area contributed by atoms with E-state index in [1.165, 1.54) is 0 Å². The van der Waals surface area contributed by atoms with Gasteiger partial charge in [0, 0.05) is 24.2 Å². The molecule has 4 N–H and O–H groups in total. The van der Waals surface area contributed by atoms with Gasteiger partial charge in [-0.05, 0) is 61.4 Å². The maximum atomic E-state index is 8.08. The highest BCUT2D eigenvalue weighted by Crippen LogP contribution is 2.12. The predicted octanol–water partition coefficient (Wildman–Crippen LogP) is 4.18. The van der Waals surface area contributed by atoms with E-state index in [0.29, 0.717) is 11.7 Å². The fourth-order valence-corrected chi connectivity index (χ4v) is 2.93. The van der Waals surface area contributed by atoms with Gasteiger partial charge in [-0.2, -0.15) is 0 Å². The van der Waals surface area contributed by atoms with Gasteiger partial charge in [0.15, 0.2) is 0 Å². The van der Waals surface area contributed by atoms with Gasteiger partial charge < -0.3 is 20.1 Å². The molecule has 29 heavy (non-hydrogen) atoms. The highest BCUT2D eigenvalue weighted by molar-refractivity contribution is 5.96. The van der Waals surface area contributed by atoms with Gasteiger partial charge in [0.05, 0.1) is 14.2 Å². The van der Waals surface area contributed by atoms with Crippen LogP contribution in [0.15, 0.2) is 48.5 Å². The molecule has 0 aliphatic carbocycles. The molecule has 0 aliphatic heterocycles. The van der Waals surface area contributed by atoms with Crippen LogP contribution in [-0.2, 0) is 0 Å². The van der Waals surface area contributed by atoms with Crippen LogP contribution in [0.25, 0.3) is 0 Å². The molecule has 156 valence electrons. The van der Waals surface area contributed by atoms with E-state index in [0.717, 1.165) is 67.8 Å². The minimum atomic E-state index is 0.453. The molecule has 6 heteroatoms. The molecule has 0 heterocycles. The molecule has 0 fully saturated rings. The van der Waals surface area contributed by atoms with Crippen molar-refractivity contribution in [2.75, 3.05) is 27.3 Å². The Bertz CT molecular complexity index is 692. The predicted molar refractivity (Wildman–Crippen MR) is 119 cm³/mol. The normalized spacial score (nSPS) is 10.3. The number of benzene rings is 2. The summed E-state index contributed by atoms with van der Waals surface area (Å²) < 4.78 is 10.3. The molecule has 0 saturated heterocycles. The molecule has 2 aromatic rings. The molecule has 0 atom stereocenters. The second-order valence-corrected chi connectivity index (χ2v) is 6.83. The summed E-state index contributed by atoms with van der Waals surface area (Å²) in [5, 5.41) is 22.5. The zero-order chi connectivity index (χ0) is 20.9. The lowest BCUT2D eigenvalue weighted by molar-refractivity contribution is 0.414. The van der Waals surface area contributed by atoms with Crippen LogP contribution in [0.1, 0.15) is 43.2 Å². The maximum Gasteiger partial charge on any atom is 0.125 e. The van der Waals surface area contributed by atoms with Crippen molar-refractivity contribution in [3.63, 3.8) is 0 Å². The lowest BCUT2D eigenvalue weighted by Crippen LogP contribution is -2.24. The molecular formula is C23H32N4O2. The van der Waals surface area contributed by atoms with E-state index in [4.69, 9.17) is 20.3 Å². The van der Waals surface area contributed by atoms with Crippen LogP contribution < -0.4 is 20.1 Å². The van der Waals surface area contributed by atoms with E-state index in [9.17, 15) is 0 Å². The Labute approximate surface area is 173 Å². The van der Waals surface area contributed by atoms with E-state index in [1.807, 2.05) is 48.5 Å². The topological polar surface area (TPSA) is 90.2 Å². The lowest BCUT2D eigenvalue weighted by atomic mass is 10.1. The van der Waals surface area contributed by atoms with Crippen molar-refractivity contribution < 1.29 is 9.47 Å². The Morgan fingerprint density at radius 3 is 1.31 bits per heavy atom. The van der Waals surface area contributed by atoms with Crippen LogP contribution in [0.4, 0.5) is 0 Å². The van der Waals surface area contributed by atoms with E-state index in [1.54, 1.807) is 14.2 Å². The molecule has 2 rings (SSSR count). The average molecular weight is 397 g/mol. The van der Waals surface area contributed by atoms with Gasteiger partial charge in [0.2, 0.25) is 0 Å². The zero-order valence-corrected chi connectivity index (χ0v) is 17.4. The maximum absolute atomic E-state index is 8.08. The van der Waals surface area contributed by atoms with E-state index >= 15 is 0 Å². The minimum absolute atomic E-state index is 0.453. The molecule has 0 saturated carbocycles. The largest absolute Gasteiger partial charge is 0.497 e. The summed E-state index contributed by atoms with van der Waals surface area (Å²) in [5.74, 6) is 2.51. The van der Waals surface area contributed by atoms with Gasteiger partial charge in [-0.15, -0.1) is 0 Å².